The molecule has 1 aromatic carbocycles. The van der Waals surface area contributed by atoms with Crippen LogP contribution in [0.25, 0.3) is 11.8 Å². The van der Waals surface area contributed by atoms with Gasteiger partial charge in [-0.15, -0.1) is 0 Å². The Kier molecular flexibility index (Phi) is 3.73. The van der Waals surface area contributed by atoms with Crippen molar-refractivity contribution in [1.29, 1.82) is 0 Å². The SMILES string of the molecule is C=Cc1ccc2c(c1)C(=O)N(C)Cc1c(C(=O)OCC)ncn1-2. The van der Waals surface area contributed by atoms with Crippen molar-refractivity contribution >= 4 is 18.0 Å². The molecule has 2 aromatic rings. The molecule has 0 bridgehead atoms. The highest BCUT2D eigenvalue weighted by Crippen LogP contribution is 2.27. The highest BCUT2D eigenvalue weighted by molar-refractivity contribution is 5.99. The quantitative estimate of drug-likeness (QED) is 0.816. The van der Waals surface area contributed by atoms with E-state index in [0.29, 0.717) is 16.9 Å². The van der Waals surface area contributed by atoms with Gasteiger partial charge >= 0.3 is 5.97 Å². The number of rotatable bonds is 3. The van der Waals surface area contributed by atoms with E-state index >= 15 is 0 Å². The van der Waals surface area contributed by atoms with Gasteiger partial charge in [0.05, 0.1) is 30.1 Å². The second-order valence-electron chi connectivity index (χ2n) is 5.27. The molecule has 1 aromatic heterocycles. The molecule has 3 rings (SSSR count). The topological polar surface area (TPSA) is 64.4 Å². The van der Waals surface area contributed by atoms with Crippen LogP contribution in [-0.2, 0) is 11.3 Å². The van der Waals surface area contributed by atoms with Crippen LogP contribution in [0.4, 0.5) is 0 Å². The number of aromatic nitrogens is 2. The van der Waals surface area contributed by atoms with Crippen LogP contribution in [0.2, 0.25) is 0 Å². The summed E-state index contributed by atoms with van der Waals surface area (Å²) in [6, 6.07) is 5.50. The highest BCUT2D eigenvalue weighted by Gasteiger charge is 2.28. The van der Waals surface area contributed by atoms with Gasteiger partial charge in [0.15, 0.2) is 5.69 Å². The van der Waals surface area contributed by atoms with Crippen LogP contribution in [0.15, 0.2) is 31.1 Å². The van der Waals surface area contributed by atoms with Gasteiger partial charge in [0.25, 0.3) is 5.91 Å². The molecule has 0 fully saturated rings. The number of ether oxygens (including phenoxy) is 1. The zero-order valence-corrected chi connectivity index (χ0v) is 13.1. The summed E-state index contributed by atoms with van der Waals surface area (Å²) in [4.78, 5) is 30.4. The highest BCUT2D eigenvalue weighted by atomic mass is 16.5. The van der Waals surface area contributed by atoms with Crippen molar-refractivity contribution in [2.45, 2.75) is 13.5 Å². The van der Waals surface area contributed by atoms with E-state index in [0.717, 1.165) is 5.56 Å². The van der Waals surface area contributed by atoms with Crippen LogP contribution in [0.3, 0.4) is 0 Å². The number of hydrogen-bond donors (Lipinski definition) is 0. The Morgan fingerprint density at radius 3 is 2.96 bits per heavy atom. The minimum atomic E-state index is -0.478. The fraction of sp³-hybridized carbons (Fsp3) is 0.235. The summed E-state index contributed by atoms with van der Waals surface area (Å²) in [7, 11) is 1.70. The van der Waals surface area contributed by atoms with Gasteiger partial charge in [0.1, 0.15) is 6.33 Å². The Morgan fingerprint density at radius 1 is 1.48 bits per heavy atom. The van der Waals surface area contributed by atoms with E-state index in [9.17, 15) is 9.59 Å². The van der Waals surface area contributed by atoms with Gasteiger partial charge in [0.2, 0.25) is 0 Å². The third-order valence-electron chi connectivity index (χ3n) is 3.82. The molecule has 1 amide bonds. The number of benzene rings is 1. The van der Waals surface area contributed by atoms with E-state index in [4.69, 9.17) is 4.74 Å². The number of carbonyl (C=O) groups is 2. The Balaban J connectivity index is 2.20. The molecule has 0 N–H and O–H groups in total. The first-order valence-corrected chi connectivity index (χ1v) is 7.32. The fourth-order valence-electron chi connectivity index (χ4n) is 2.67. The molecular weight excluding hydrogens is 294 g/mol. The first-order chi connectivity index (χ1) is 11.1. The summed E-state index contributed by atoms with van der Waals surface area (Å²) in [5.74, 6) is -0.588. The lowest BCUT2D eigenvalue weighted by molar-refractivity contribution is 0.0516. The predicted octanol–water partition coefficient (Wildman–Crippen LogP) is 2.28. The first kappa shape index (κ1) is 15.0. The molecule has 118 valence electrons. The van der Waals surface area contributed by atoms with Crippen LogP contribution >= 0.6 is 0 Å². The number of nitrogens with zero attached hydrogens (tertiary/aromatic N) is 3. The minimum Gasteiger partial charge on any atom is -0.461 e. The maximum Gasteiger partial charge on any atom is 0.358 e. The molecule has 23 heavy (non-hydrogen) atoms. The van der Waals surface area contributed by atoms with Crippen LogP contribution in [-0.4, -0.2) is 40.0 Å². The van der Waals surface area contributed by atoms with Crippen molar-refractivity contribution in [1.82, 2.24) is 14.5 Å². The number of amides is 1. The van der Waals surface area contributed by atoms with Crippen molar-refractivity contribution in [3.05, 3.63) is 53.6 Å². The number of hydrogen-bond acceptors (Lipinski definition) is 4. The van der Waals surface area contributed by atoms with Crippen LogP contribution in [0.5, 0.6) is 0 Å². The van der Waals surface area contributed by atoms with Gasteiger partial charge in [-0.1, -0.05) is 18.7 Å². The largest absolute Gasteiger partial charge is 0.461 e. The van der Waals surface area contributed by atoms with E-state index in [2.05, 4.69) is 11.6 Å². The summed E-state index contributed by atoms with van der Waals surface area (Å²) < 4.78 is 6.82. The lowest BCUT2D eigenvalue weighted by Gasteiger charge is -2.14. The Bertz CT molecular complexity index is 807. The standard InChI is InChI=1S/C17H17N3O3/c1-4-11-6-7-13-12(8-11)16(21)19(3)9-14-15(17(22)23-5-2)18-10-20(13)14/h4,6-8,10H,1,5,9H2,2-3H3. The predicted molar refractivity (Wildman–Crippen MR) is 85.4 cm³/mol. The molecule has 1 aliphatic rings. The first-order valence-electron chi connectivity index (χ1n) is 7.32. The maximum atomic E-state index is 12.6. The average Bonchev–Trinajstić information content (AvgIpc) is 2.93. The summed E-state index contributed by atoms with van der Waals surface area (Å²) in [6.07, 6.45) is 3.25. The monoisotopic (exact) mass is 311 g/mol. The third-order valence-corrected chi connectivity index (χ3v) is 3.82. The molecular formula is C17H17N3O3. The van der Waals surface area contributed by atoms with Gasteiger partial charge in [0, 0.05) is 7.05 Å². The molecule has 0 saturated heterocycles. The normalized spacial score (nSPS) is 13.1. The van der Waals surface area contributed by atoms with Gasteiger partial charge in [-0.2, -0.15) is 0 Å². The van der Waals surface area contributed by atoms with E-state index in [1.807, 2.05) is 12.1 Å². The van der Waals surface area contributed by atoms with Gasteiger partial charge in [-0.3, -0.25) is 9.36 Å². The van der Waals surface area contributed by atoms with E-state index in [-0.39, 0.29) is 24.8 Å². The molecule has 0 aliphatic carbocycles. The van der Waals surface area contributed by atoms with Crippen LogP contribution in [0, 0.1) is 0 Å². The second-order valence-corrected chi connectivity index (χ2v) is 5.27. The molecule has 0 saturated carbocycles. The Hall–Kier alpha value is -2.89. The number of carbonyl (C=O) groups excluding carboxylic acids is 2. The van der Waals surface area contributed by atoms with Gasteiger partial charge < -0.3 is 9.64 Å². The van der Waals surface area contributed by atoms with Gasteiger partial charge in [-0.25, -0.2) is 9.78 Å². The van der Waals surface area contributed by atoms with E-state index < -0.39 is 5.97 Å². The molecule has 2 heterocycles. The average molecular weight is 311 g/mol. The molecule has 0 unspecified atom stereocenters. The van der Waals surface area contributed by atoms with Crippen LogP contribution in [0.1, 0.15) is 39.0 Å². The molecule has 1 aliphatic heterocycles. The van der Waals surface area contributed by atoms with Crippen LogP contribution < -0.4 is 0 Å². The summed E-state index contributed by atoms with van der Waals surface area (Å²) in [5, 5.41) is 0. The smallest absolute Gasteiger partial charge is 0.358 e. The summed E-state index contributed by atoms with van der Waals surface area (Å²) in [5.41, 5.74) is 3.00. The molecule has 0 atom stereocenters. The van der Waals surface area contributed by atoms with Gasteiger partial charge in [-0.05, 0) is 24.6 Å². The Morgan fingerprint density at radius 2 is 2.26 bits per heavy atom. The minimum absolute atomic E-state index is 0.109. The lowest BCUT2D eigenvalue weighted by atomic mass is 10.1. The zero-order chi connectivity index (χ0) is 16.6. The second kappa shape index (κ2) is 5.72. The third kappa shape index (κ3) is 2.42. The summed E-state index contributed by atoms with van der Waals surface area (Å²) >= 11 is 0. The van der Waals surface area contributed by atoms with E-state index in [1.165, 1.54) is 0 Å². The molecule has 0 spiro atoms. The van der Waals surface area contributed by atoms with Crippen molar-refractivity contribution in [2.75, 3.05) is 13.7 Å². The lowest BCUT2D eigenvalue weighted by Crippen LogP contribution is -2.26. The Labute approximate surface area is 134 Å². The number of fused-ring (bicyclic) bond motifs is 3. The van der Waals surface area contributed by atoms with E-state index in [1.54, 1.807) is 41.9 Å². The number of imidazole rings is 1. The fourth-order valence-corrected chi connectivity index (χ4v) is 2.67. The van der Waals surface area contributed by atoms with Crippen molar-refractivity contribution in [3.63, 3.8) is 0 Å². The molecule has 6 heteroatoms. The molecule has 6 nitrogen and oxygen atoms in total. The number of esters is 1. The molecule has 0 radical (unpaired) electrons. The zero-order valence-electron chi connectivity index (χ0n) is 13.1. The van der Waals surface area contributed by atoms with Crippen molar-refractivity contribution < 1.29 is 14.3 Å². The summed E-state index contributed by atoms with van der Waals surface area (Å²) in [6.45, 7) is 6.04. The maximum absolute atomic E-state index is 12.6. The van der Waals surface area contributed by atoms with Crippen molar-refractivity contribution in [2.24, 2.45) is 0 Å². The van der Waals surface area contributed by atoms with Crippen molar-refractivity contribution in [3.8, 4) is 5.69 Å².